The van der Waals surface area contributed by atoms with Crippen molar-refractivity contribution in [3.05, 3.63) is 83.9 Å². The molecular weight excluding hydrogens is 386 g/mol. The summed E-state index contributed by atoms with van der Waals surface area (Å²) >= 11 is 0. The van der Waals surface area contributed by atoms with Crippen LogP contribution >= 0.6 is 0 Å². The molecule has 0 saturated carbocycles. The number of unbranched alkanes of at least 4 members (excludes halogenated alkanes) is 11. The monoisotopic (exact) mass is 433 g/mol. The summed E-state index contributed by atoms with van der Waals surface area (Å²) < 4.78 is 0. The molecule has 0 fully saturated rings. The van der Waals surface area contributed by atoms with Gasteiger partial charge in [-0.15, -0.1) is 0 Å². The summed E-state index contributed by atoms with van der Waals surface area (Å²) in [5, 5.41) is 0. The van der Waals surface area contributed by atoms with Crippen LogP contribution in [0.5, 0.6) is 0 Å². The summed E-state index contributed by atoms with van der Waals surface area (Å²) in [7, 11) is 0. The lowest BCUT2D eigenvalue weighted by Crippen LogP contribution is -2.24. The third-order valence-corrected chi connectivity index (χ3v) is 6.23. The topological polar surface area (TPSA) is 3.24 Å². The van der Waals surface area contributed by atoms with Crippen LogP contribution in [0.3, 0.4) is 0 Å². The Morgan fingerprint density at radius 3 is 1.47 bits per heavy atom. The van der Waals surface area contributed by atoms with Crippen LogP contribution in [-0.2, 0) is 13.1 Å². The fourth-order valence-electron chi connectivity index (χ4n) is 4.30. The van der Waals surface area contributed by atoms with Crippen LogP contribution in [0.1, 0.15) is 102 Å². The van der Waals surface area contributed by atoms with Gasteiger partial charge in [0.2, 0.25) is 0 Å². The van der Waals surface area contributed by atoms with Gasteiger partial charge >= 0.3 is 0 Å². The maximum atomic E-state index is 2.61. The van der Waals surface area contributed by atoms with Crippen LogP contribution in [0.15, 0.2) is 72.8 Å². The minimum absolute atomic E-state index is 1.04. The third kappa shape index (κ3) is 13.5. The highest BCUT2D eigenvalue weighted by Gasteiger charge is 2.07. The van der Waals surface area contributed by atoms with Gasteiger partial charge in [-0.05, 0) is 49.8 Å². The minimum Gasteiger partial charge on any atom is -0.295 e. The largest absolute Gasteiger partial charge is 0.295 e. The second-order valence-corrected chi connectivity index (χ2v) is 9.27. The van der Waals surface area contributed by atoms with E-state index < -0.39 is 0 Å². The maximum absolute atomic E-state index is 2.61. The summed E-state index contributed by atoms with van der Waals surface area (Å²) in [6.07, 6.45) is 22.5. The molecule has 0 spiro atoms. The first-order chi connectivity index (χ1) is 15.9. The molecule has 1 nitrogen and oxygen atoms in total. The molecule has 0 radical (unpaired) electrons. The molecule has 0 atom stereocenters. The van der Waals surface area contributed by atoms with Gasteiger partial charge in [0, 0.05) is 13.1 Å². The van der Waals surface area contributed by atoms with Gasteiger partial charge in [0.15, 0.2) is 0 Å². The Labute approximate surface area is 198 Å². The highest BCUT2D eigenvalue weighted by molar-refractivity contribution is 5.17. The van der Waals surface area contributed by atoms with Gasteiger partial charge in [0.1, 0.15) is 0 Å². The lowest BCUT2D eigenvalue weighted by atomic mass is 10.1. The van der Waals surface area contributed by atoms with E-state index in [4.69, 9.17) is 0 Å². The average Bonchev–Trinajstić information content (AvgIpc) is 2.83. The van der Waals surface area contributed by atoms with Crippen LogP contribution < -0.4 is 0 Å². The van der Waals surface area contributed by atoms with Crippen molar-refractivity contribution in [1.82, 2.24) is 4.90 Å². The van der Waals surface area contributed by atoms with Crippen molar-refractivity contribution in [3.63, 3.8) is 0 Å². The quantitative estimate of drug-likeness (QED) is 0.157. The average molecular weight is 434 g/mol. The molecule has 1 heteroatoms. The van der Waals surface area contributed by atoms with Crippen LogP contribution in [0.2, 0.25) is 0 Å². The molecule has 2 rings (SSSR count). The van der Waals surface area contributed by atoms with Crippen LogP contribution in [-0.4, -0.2) is 11.4 Å². The van der Waals surface area contributed by atoms with E-state index in [0.717, 1.165) is 13.1 Å². The van der Waals surface area contributed by atoms with Gasteiger partial charge in [-0.25, -0.2) is 0 Å². The molecule has 176 valence electrons. The molecule has 0 saturated heterocycles. The van der Waals surface area contributed by atoms with E-state index in [1.54, 1.807) is 0 Å². The normalized spacial score (nSPS) is 11.6. The Hall–Kier alpha value is -1.86. The van der Waals surface area contributed by atoms with Gasteiger partial charge in [-0.1, -0.05) is 131 Å². The Morgan fingerprint density at radius 1 is 0.531 bits per heavy atom. The van der Waals surface area contributed by atoms with Crippen molar-refractivity contribution in [2.75, 3.05) is 6.54 Å². The van der Waals surface area contributed by atoms with Crippen LogP contribution in [0.25, 0.3) is 0 Å². The zero-order valence-corrected chi connectivity index (χ0v) is 20.7. The Balaban J connectivity index is 1.52. The van der Waals surface area contributed by atoms with Gasteiger partial charge in [0.05, 0.1) is 0 Å². The molecule has 0 aromatic heterocycles. The zero-order valence-electron chi connectivity index (χ0n) is 20.7. The van der Waals surface area contributed by atoms with Crippen molar-refractivity contribution < 1.29 is 0 Å². The molecule has 2 aromatic rings. The third-order valence-electron chi connectivity index (χ3n) is 6.23. The number of hydrogen-bond donors (Lipinski definition) is 0. The zero-order chi connectivity index (χ0) is 22.5. The molecule has 0 aliphatic rings. The van der Waals surface area contributed by atoms with Crippen molar-refractivity contribution in [3.8, 4) is 0 Å². The fraction of sp³-hybridized carbons (Fsp3) is 0.548. The summed E-state index contributed by atoms with van der Waals surface area (Å²) in [6.45, 7) is 5.55. The Kier molecular flexibility index (Phi) is 15.4. The predicted molar refractivity (Wildman–Crippen MR) is 142 cm³/mol. The van der Waals surface area contributed by atoms with Gasteiger partial charge < -0.3 is 0 Å². The second-order valence-electron chi connectivity index (χ2n) is 9.27. The van der Waals surface area contributed by atoms with Gasteiger partial charge in [-0.2, -0.15) is 0 Å². The molecule has 0 heterocycles. The molecule has 0 aliphatic carbocycles. The molecule has 32 heavy (non-hydrogen) atoms. The van der Waals surface area contributed by atoms with Crippen molar-refractivity contribution in [1.29, 1.82) is 0 Å². The fourth-order valence-corrected chi connectivity index (χ4v) is 4.30. The highest BCUT2D eigenvalue weighted by Crippen LogP contribution is 2.14. The van der Waals surface area contributed by atoms with Gasteiger partial charge in [0.25, 0.3) is 0 Å². The summed E-state index contributed by atoms with van der Waals surface area (Å²) in [4.78, 5) is 2.61. The molecule has 0 N–H and O–H groups in total. The molecule has 0 bridgehead atoms. The lowest BCUT2D eigenvalue weighted by Gasteiger charge is -2.22. The number of nitrogens with zero attached hydrogens (tertiary/aromatic N) is 1. The van der Waals surface area contributed by atoms with E-state index in [9.17, 15) is 0 Å². The predicted octanol–water partition coefficient (Wildman–Crippen LogP) is 9.34. The van der Waals surface area contributed by atoms with Crippen LogP contribution in [0.4, 0.5) is 0 Å². The van der Waals surface area contributed by atoms with E-state index in [2.05, 4.69) is 84.6 Å². The van der Waals surface area contributed by atoms with Crippen LogP contribution in [0, 0.1) is 0 Å². The van der Waals surface area contributed by atoms with Crippen molar-refractivity contribution in [2.24, 2.45) is 0 Å². The smallest absolute Gasteiger partial charge is 0.0237 e. The Bertz CT molecular complexity index is 635. The Morgan fingerprint density at radius 2 is 0.969 bits per heavy atom. The lowest BCUT2D eigenvalue weighted by molar-refractivity contribution is 0.250. The number of rotatable bonds is 19. The minimum atomic E-state index is 1.04. The van der Waals surface area contributed by atoms with E-state index >= 15 is 0 Å². The number of allylic oxidation sites excluding steroid dienone is 2. The van der Waals surface area contributed by atoms with E-state index in [1.165, 1.54) is 101 Å². The maximum Gasteiger partial charge on any atom is 0.0237 e. The summed E-state index contributed by atoms with van der Waals surface area (Å²) in [5.74, 6) is 0. The molecule has 0 aliphatic heterocycles. The molecule has 2 aromatic carbocycles. The van der Waals surface area contributed by atoms with E-state index in [0.29, 0.717) is 0 Å². The summed E-state index contributed by atoms with van der Waals surface area (Å²) in [5.41, 5.74) is 2.83. The highest BCUT2D eigenvalue weighted by atomic mass is 15.1. The van der Waals surface area contributed by atoms with Crippen molar-refractivity contribution >= 4 is 0 Å². The van der Waals surface area contributed by atoms with E-state index in [-0.39, 0.29) is 0 Å². The first-order valence-corrected chi connectivity index (χ1v) is 13.3. The number of benzene rings is 2. The van der Waals surface area contributed by atoms with Crippen molar-refractivity contribution in [2.45, 2.75) is 103 Å². The van der Waals surface area contributed by atoms with E-state index in [1.807, 2.05) is 0 Å². The van der Waals surface area contributed by atoms with Gasteiger partial charge in [-0.3, -0.25) is 4.90 Å². The molecule has 0 amide bonds. The molecule has 0 unspecified atom stereocenters. The standard InChI is InChI=1S/C31H47N/c1-2-3-4-5-6-7-8-9-10-11-12-13-14-15-22-27-32(28-30-23-18-16-19-24-30)29-31-25-20-17-21-26-31/h7-8,16-21,23-26H,2-6,9-15,22,27-29H2,1H3/b8-7+. The first kappa shape index (κ1) is 26.4. The first-order valence-electron chi connectivity index (χ1n) is 13.3. The second kappa shape index (κ2) is 18.7. The number of hydrogen-bond acceptors (Lipinski definition) is 1. The molecular formula is C31H47N. The SMILES string of the molecule is CCCCCC/C=C/CCCCCCCCCN(Cc1ccccc1)Cc1ccccc1. The summed E-state index contributed by atoms with van der Waals surface area (Å²) in [6, 6.07) is 21.8.